The molecule has 0 bridgehead atoms. The van der Waals surface area contributed by atoms with Crippen molar-refractivity contribution in [2.75, 3.05) is 18.7 Å². The number of carbonyl (C=O) groups excluding carboxylic acids is 2. The molecular formula is C19H19FN4O3S. The number of hydrogen-bond acceptors (Lipinski definition) is 5. The van der Waals surface area contributed by atoms with E-state index in [9.17, 15) is 14.0 Å². The fraction of sp³-hybridized carbons (Fsp3) is 0.211. The highest BCUT2D eigenvalue weighted by Crippen LogP contribution is 2.27. The molecule has 2 aromatic heterocycles. The summed E-state index contributed by atoms with van der Waals surface area (Å²) in [6, 6.07) is 8.57. The lowest BCUT2D eigenvalue weighted by Crippen LogP contribution is -2.32. The number of nitrogens with one attached hydrogen (secondary N) is 2. The lowest BCUT2D eigenvalue weighted by atomic mass is 10.2. The van der Waals surface area contributed by atoms with Crippen molar-refractivity contribution in [3.63, 3.8) is 0 Å². The maximum absolute atomic E-state index is 12.3. The third kappa shape index (κ3) is 4.95. The first-order valence-corrected chi connectivity index (χ1v) is 9.45. The molecule has 0 aliphatic carbocycles. The fourth-order valence-electron chi connectivity index (χ4n) is 2.47. The predicted molar refractivity (Wildman–Crippen MR) is 105 cm³/mol. The minimum absolute atomic E-state index is 0.162. The van der Waals surface area contributed by atoms with E-state index in [0.29, 0.717) is 22.1 Å². The van der Waals surface area contributed by atoms with Crippen molar-refractivity contribution in [1.29, 1.82) is 0 Å². The summed E-state index contributed by atoms with van der Waals surface area (Å²) in [5.41, 5.74) is 1.88. The number of halogens is 1. The second-order valence-corrected chi connectivity index (χ2v) is 6.64. The Balaban J connectivity index is 1.55. The van der Waals surface area contributed by atoms with Gasteiger partial charge >= 0.3 is 0 Å². The van der Waals surface area contributed by atoms with Gasteiger partial charge in [-0.25, -0.2) is 9.37 Å². The van der Waals surface area contributed by atoms with Crippen LogP contribution in [0.3, 0.4) is 0 Å². The number of benzene rings is 1. The number of aromatic nitrogens is 2. The number of ether oxygens (including phenoxy) is 1. The quantitative estimate of drug-likeness (QED) is 0.605. The van der Waals surface area contributed by atoms with Gasteiger partial charge in [0.15, 0.2) is 5.13 Å². The molecule has 9 heteroatoms. The molecule has 0 saturated heterocycles. The fourth-order valence-corrected chi connectivity index (χ4v) is 3.21. The molecule has 3 rings (SSSR count). The Morgan fingerprint density at radius 1 is 1.32 bits per heavy atom. The highest BCUT2D eigenvalue weighted by Gasteiger charge is 2.12. The Labute approximate surface area is 165 Å². The molecule has 2 amide bonds. The van der Waals surface area contributed by atoms with Crippen LogP contribution >= 0.6 is 11.3 Å². The highest BCUT2D eigenvalue weighted by molar-refractivity contribution is 7.14. The van der Waals surface area contributed by atoms with Crippen LogP contribution in [0.4, 0.5) is 9.52 Å². The van der Waals surface area contributed by atoms with Crippen LogP contribution in [0.2, 0.25) is 0 Å². The first-order valence-electron chi connectivity index (χ1n) is 8.57. The van der Waals surface area contributed by atoms with Crippen LogP contribution in [0.15, 0.2) is 48.1 Å². The molecule has 28 heavy (non-hydrogen) atoms. The van der Waals surface area contributed by atoms with E-state index in [1.54, 1.807) is 42.0 Å². The molecule has 0 atom stereocenters. The SMILES string of the molecule is CCn1ccc(C(=O)NCC(=O)Nc2nc(-c3cccc(OCF)c3)cs2)c1. The summed E-state index contributed by atoms with van der Waals surface area (Å²) in [7, 11) is 0. The predicted octanol–water partition coefficient (Wildman–Crippen LogP) is 3.31. The second-order valence-electron chi connectivity index (χ2n) is 5.78. The molecule has 0 fully saturated rings. The Kier molecular flexibility index (Phi) is 6.38. The van der Waals surface area contributed by atoms with E-state index in [1.807, 2.05) is 17.6 Å². The van der Waals surface area contributed by atoms with Crippen molar-refractivity contribution in [2.24, 2.45) is 0 Å². The van der Waals surface area contributed by atoms with Crippen molar-refractivity contribution in [1.82, 2.24) is 14.9 Å². The van der Waals surface area contributed by atoms with Crippen LogP contribution < -0.4 is 15.4 Å². The summed E-state index contributed by atoms with van der Waals surface area (Å²) in [4.78, 5) is 28.5. The average molecular weight is 402 g/mol. The van der Waals surface area contributed by atoms with E-state index in [2.05, 4.69) is 15.6 Å². The lowest BCUT2D eigenvalue weighted by molar-refractivity contribution is -0.115. The third-order valence-electron chi connectivity index (χ3n) is 3.89. The van der Waals surface area contributed by atoms with Gasteiger partial charge in [-0.05, 0) is 25.1 Å². The summed E-state index contributed by atoms with van der Waals surface area (Å²) in [5, 5.41) is 7.41. The highest BCUT2D eigenvalue weighted by atomic mass is 32.1. The van der Waals surface area contributed by atoms with Crippen molar-refractivity contribution in [2.45, 2.75) is 13.5 Å². The number of anilines is 1. The van der Waals surface area contributed by atoms with E-state index < -0.39 is 6.86 Å². The van der Waals surface area contributed by atoms with Gasteiger partial charge in [-0.3, -0.25) is 9.59 Å². The van der Waals surface area contributed by atoms with Gasteiger partial charge in [0.1, 0.15) is 5.75 Å². The van der Waals surface area contributed by atoms with Gasteiger partial charge in [-0.2, -0.15) is 0 Å². The number of amides is 2. The molecule has 2 heterocycles. The average Bonchev–Trinajstić information content (AvgIpc) is 3.36. The number of alkyl halides is 1. The van der Waals surface area contributed by atoms with Gasteiger partial charge in [0.2, 0.25) is 12.8 Å². The summed E-state index contributed by atoms with van der Waals surface area (Å²) in [5.74, 6) is -0.288. The molecule has 2 N–H and O–H groups in total. The summed E-state index contributed by atoms with van der Waals surface area (Å²) in [6.45, 7) is 1.67. The number of hydrogen-bond donors (Lipinski definition) is 2. The Morgan fingerprint density at radius 2 is 2.18 bits per heavy atom. The number of nitrogens with zero attached hydrogens (tertiary/aromatic N) is 2. The molecule has 1 aromatic carbocycles. The topological polar surface area (TPSA) is 85.3 Å². The summed E-state index contributed by atoms with van der Waals surface area (Å²) < 4.78 is 19.0. The van der Waals surface area contributed by atoms with Gasteiger partial charge in [0.05, 0.1) is 17.8 Å². The molecule has 0 saturated carbocycles. The van der Waals surface area contributed by atoms with Crippen LogP contribution in [0.5, 0.6) is 5.75 Å². The zero-order chi connectivity index (χ0) is 19.9. The third-order valence-corrected chi connectivity index (χ3v) is 4.65. The van der Waals surface area contributed by atoms with Crippen molar-refractivity contribution in [3.05, 3.63) is 53.7 Å². The Hall–Kier alpha value is -3.20. The van der Waals surface area contributed by atoms with Gasteiger partial charge in [0, 0.05) is 29.9 Å². The first-order chi connectivity index (χ1) is 13.6. The Morgan fingerprint density at radius 3 is 2.93 bits per heavy atom. The standard InChI is InChI=1S/C19H19FN4O3S/c1-2-24-7-6-14(10-24)18(26)21-9-17(25)23-19-22-16(11-28-19)13-4-3-5-15(8-13)27-12-20/h3-8,10-11H,2,9,12H2,1H3,(H,21,26)(H,22,23,25). The van der Waals surface area contributed by atoms with Gasteiger partial charge < -0.3 is 19.9 Å². The molecule has 146 valence electrons. The van der Waals surface area contributed by atoms with Gasteiger partial charge in [-0.15, -0.1) is 11.3 Å². The maximum Gasteiger partial charge on any atom is 0.253 e. The van der Waals surface area contributed by atoms with E-state index >= 15 is 0 Å². The number of thiazole rings is 1. The van der Waals surface area contributed by atoms with Crippen LogP contribution in [0.1, 0.15) is 17.3 Å². The monoisotopic (exact) mass is 402 g/mol. The van der Waals surface area contributed by atoms with E-state index in [1.165, 1.54) is 11.3 Å². The smallest absolute Gasteiger partial charge is 0.253 e. The minimum atomic E-state index is -0.906. The maximum atomic E-state index is 12.3. The van der Waals surface area contributed by atoms with Crippen molar-refractivity contribution < 1.29 is 18.7 Å². The van der Waals surface area contributed by atoms with Crippen molar-refractivity contribution in [3.8, 4) is 17.0 Å². The number of carbonyl (C=O) groups is 2. The molecule has 0 radical (unpaired) electrons. The molecule has 0 aliphatic heterocycles. The molecular weight excluding hydrogens is 383 g/mol. The van der Waals surface area contributed by atoms with Crippen LogP contribution in [-0.2, 0) is 11.3 Å². The van der Waals surface area contributed by atoms with E-state index in [0.717, 1.165) is 12.1 Å². The molecule has 0 aliphatic rings. The summed E-state index contributed by atoms with van der Waals surface area (Å²) >= 11 is 1.25. The number of rotatable bonds is 8. The zero-order valence-corrected chi connectivity index (χ0v) is 16.0. The minimum Gasteiger partial charge on any atom is -0.463 e. The van der Waals surface area contributed by atoms with Crippen molar-refractivity contribution >= 4 is 28.3 Å². The van der Waals surface area contributed by atoms with Gasteiger partial charge in [-0.1, -0.05) is 12.1 Å². The molecule has 3 aromatic rings. The van der Waals surface area contributed by atoms with Gasteiger partial charge in [0.25, 0.3) is 5.91 Å². The largest absolute Gasteiger partial charge is 0.463 e. The van der Waals surface area contributed by atoms with Crippen LogP contribution in [0, 0.1) is 0 Å². The van der Waals surface area contributed by atoms with E-state index in [-0.39, 0.29) is 18.4 Å². The molecule has 0 unspecified atom stereocenters. The number of aryl methyl sites for hydroxylation is 1. The van der Waals surface area contributed by atoms with Crippen LogP contribution in [0.25, 0.3) is 11.3 Å². The molecule has 7 nitrogen and oxygen atoms in total. The normalized spacial score (nSPS) is 10.5. The van der Waals surface area contributed by atoms with E-state index in [4.69, 9.17) is 4.74 Å². The molecule has 0 spiro atoms. The second kappa shape index (κ2) is 9.14. The van der Waals surface area contributed by atoms with Crippen LogP contribution in [-0.4, -0.2) is 34.8 Å². The first kappa shape index (κ1) is 19.6. The lowest BCUT2D eigenvalue weighted by Gasteiger charge is -2.04. The zero-order valence-electron chi connectivity index (χ0n) is 15.1. The Bertz CT molecular complexity index is 970. The summed E-state index contributed by atoms with van der Waals surface area (Å²) in [6.07, 6.45) is 3.53.